The van der Waals surface area contributed by atoms with Gasteiger partial charge in [-0.1, -0.05) is 61.0 Å². The molecule has 0 saturated heterocycles. The van der Waals surface area contributed by atoms with Gasteiger partial charge in [-0.25, -0.2) is 0 Å². The maximum atomic E-state index is 10.5. The van der Waals surface area contributed by atoms with Crippen LogP contribution in [0.3, 0.4) is 0 Å². The molecule has 0 aliphatic carbocycles. The molecule has 0 radical (unpaired) electrons. The SMILES string of the molecule is CCCCNCc1c(O)cc(C(C)(C)C)cc1C(C)(C)C.ClCCCl. The third-order valence-corrected chi connectivity index (χ3v) is 4.55. The number of alkyl halides is 2. The van der Waals surface area contributed by atoms with E-state index in [1.54, 1.807) is 0 Å². The predicted octanol–water partition coefficient (Wildman–Crippen LogP) is 6.34. The van der Waals surface area contributed by atoms with E-state index >= 15 is 0 Å². The van der Waals surface area contributed by atoms with Crippen molar-refractivity contribution in [3.63, 3.8) is 0 Å². The maximum Gasteiger partial charge on any atom is 0.120 e. The summed E-state index contributed by atoms with van der Waals surface area (Å²) in [4.78, 5) is 0. The molecule has 0 atom stereocenters. The molecule has 146 valence electrons. The Morgan fingerprint density at radius 2 is 1.52 bits per heavy atom. The molecule has 0 spiro atoms. The zero-order valence-corrected chi connectivity index (χ0v) is 18.6. The molecule has 2 N–H and O–H groups in total. The minimum atomic E-state index is 0.0283. The van der Waals surface area contributed by atoms with Crippen LogP contribution >= 0.6 is 23.2 Å². The average Bonchev–Trinajstić information content (AvgIpc) is 2.50. The van der Waals surface area contributed by atoms with E-state index in [0.29, 0.717) is 17.5 Å². The van der Waals surface area contributed by atoms with E-state index < -0.39 is 0 Å². The molecule has 0 aromatic heterocycles. The Bertz CT molecular complexity index is 500. The molecule has 4 heteroatoms. The van der Waals surface area contributed by atoms with E-state index in [2.05, 4.69) is 59.8 Å². The van der Waals surface area contributed by atoms with Crippen molar-refractivity contribution in [2.75, 3.05) is 18.3 Å². The van der Waals surface area contributed by atoms with Crippen molar-refractivity contribution in [1.29, 1.82) is 0 Å². The second-order valence-corrected chi connectivity index (χ2v) is 9.19. The number of rotatable bonds is 6. The summed E-state index contributed by atoms with van der Waals surface area (Å²) >= 11 is 10.1. The summed E-state index contributed by atoms with van der Waals surface area (Å²) in [7, 11) is 0. The van der Waals surface area contributed by atoms with Crippen LogP contribution in [0.4, 0.5) is 0 Å². The number of hydrogen-bond donors (Lipinski definition) is 2. The van der Waals surface area contributed by atoms with Gasteiger partial charge in [0.05, 0.1) is 0 Å². The first-order valence-corrected chi connectivity index (χ1v) is 10.2. The number of aromatic hydroxyl groups is 1. The fourth-order valence-electron chi connectivity index (χ4n) is 2.46. The Morgan fingerprint density at radius 3 is 1.92 bits per heavy atom. The lowest BCUT2D eigenvalue weighted by molar-refractivity contribution is 0.452. The number of hydrogen-bond acceptors (Lipinski definition) is 2. The molecule has 1 rings (SSSR count). The fraction of sp³-hybridized carbons (Fsp3) is 0.714. The average molecular weight is 390 g/mol. The van der Waals surface area contributed by atoms with Gasteiger partial charge in [0.2, 0.25) is 0 Å². The van der Waals surface area contributed by atoms with Crippen LogP contribution in [0, 0.1) is 0 Å². The van der Waals surface area contributed by atoms with Crippen molar-refractivity contribution < 1.29 is 5.11 Å². The second-order valence-electron chi connectivity index (χ2n) is 8.43. The monoisotopic (exact) mass is 389 g/mol. The van der Waals surface area contributed by atoms with Crippen LogP contribution in [0.15, 0.2) is 12.1 Å². The minimum absolute atomic E-state index is 0.0283. The second kappa shape index (κ2) is 11.3. The van der Waals surface area contributed by atoms with Crippen molar-refractivity contribution in [1.82, 2.24) is 5.32 Å². The van der Waals surface area contributed by atoms with Gasteiger partial charge in [0.15, 0.2) is 0 Å². The molecule has 0 heterocycles. The van der Waals surface area contributed by atoms with Crippen LogP contribution in [-0.2, 0) is 17.4 Å². The van der Waals surface area contributed by atoms with Crippen molar-refractivity contribution in [3.05, 3.63) is 28.8 Å². The van der Waals surface area contributed by atoms with Gasteiger partial charge in [-0.2, -0.15) is 0 Å². The highest BCUT2D eigenvalue weighted by molar-refractivity contribution is 6.25. The molecule has 1 aromatic carbocycles. The van der Waals surface area contributed by atoms with E-state index in [1.165, 1.54) is 24.0 Å². The van der Waals surface area contributed by atoms with Crippen LogP contribution in [0.1, 0.15) is 78.0 Å². The third-order valence-electron chi connectivity index (χ3n) is 3.98. The van der Waals surface area contributed by atoms with Gasteiger partial charge in [-0.3, -0.25) is 0 Å². The molecule has 0 fully saturated rings. The van der Waals surface area contributed by atoms with Crippen LogP contribution in [-0.4, -0.2) is 23.4 Å². The first-order valence-electron chi connectivity index (χ1n) is 9.18. The largest absolute Gasteiger partial charge is 0.508 e. The summed E-state index contributed by atoms with van der Waals surface area (Å²) in [6.07, 6.45) is 2.36. The first kappa shape index (κ1) is 24.6. The van der Waals surface area contributed by atoms with Gasteiger partial charge in [0, 0.05) is 23.9 Å². The van der Waals surface area contributed by atoms with Gasteiger partial charge >= 0.3 is 0 Å². The quantitative estimate of drug-likeness (QED) is 0.439. The highest BCUT2D eigenvalue weighted by Crippen LogP contribution is 2.36. The van der Waals surface area contributed by atoms with E-state index in [-0.39, 0.29) is 10.8 Å². The number of phenolic OH excluding ortho intramolecular Hbond substituents is 1. The van der Waals surface area contributed by atoms with Crippen molar-refractivity contribution in [2.45, 2.75) is 78.7 Å². The maximum absolute atomic E-state index is 10.5. The van der Waals surface area contributed by atoms with E-state index in [4.69, 9.17) is 23.2 Å². The number of phenols is 1. The number of benzene rings is 1. The van der Waals surface area contributed by atoms with Crippen molar-refractivity contribution in [2.24, 2.45) is 0 Å². The third kappa shape index (κ3) is 9.17. The lowest BCUT2D eigenvalue weighted by Gasteiger charge is -2.28. The van der Waals surface area contributed by atoms with Crippen LogP contribution in [0.5, 0.6) is 5.75 Å². The smallest absolute Gasteiger partial charge is 0.120 e. The topological polar surface area (TPSA) is 32.3 Å². The van der Waals surface area contributed by atoms with E-state index in [1.807, 2.05) is 6.07 Å². The van der Waals surface area contributed by atoms with E-state index in [9.17, 15) is 5.11 Å². The summed E-state index contributed by atoms with van der Waals surface area (Å²) < 4.78 is 0. The highest BCUT2D eigenvalue weighted by atomic mass is 35.5. The molecule has 0 aliphatic heterocycles. The van der Waals surface area contributed by atoms with Gasteiger partial charge in [-0.15, -0.1) is 23.2 Å². The summed E-state index contributed by atoms with van der Waals surface area (Å²) in [5, 5.41) is 14.0. The molecule has 0 bridgehead atoms. The van der Waals surface area contributed by atoms with Crippen LogP contribution in [0.2, 0.25) is 0 Å². The lowest BCUT2D eigenvalue weighted by atomic mass is 9.78. The minimum Gasteiger partial charge on any atom is -0.508 e. The molecule has 25 heavy (non-hydrogen) atoms. The Balaban J connectivity index is 0.00000129. The normalized spacial score (nSPS) is 11.9. The van der Waals surface area contributed by atoms with Gasteiger partial charge in [-0.05, 0) is 41.0 Å². The molecule has 2 nitrogen and oxygen atoms in total. The Kier molecular flexibility index (Phi) is 11.1. The Labute approximate surface area is 165 Å². The molecule has 0 aliphatic rings. The van der Waals surface area contributed by atoms with Crippen LogP contribution < -0.4 is 5.32 Å². The van der Waals surface area contributed by atoms with Crippen molar-refractivity contribution in [3.8, 4) is 5.75 Å². The van der Waals surface area contributed by atoms with Gasteiger partial charge < -0.3 is 10.4 Å². The van der Waals surface area contributed by atoms with Gasteiger partial charge in [0.1, 0.15) is 5.75 Å². The summed E-state index contributed by atoms with van der Waals surface area (Å²) in [5.41, 5.74) is 3.57. The summed E-state index contributed by atoms with van der Waals surface area (Å²) in [6.45, 7) is 17.1. The first-order chi connectivity index (χ1) is 11.5. The molecule has 1 aromatic rings. The Hall–Kier alpha value is -0.440. The number of unbranched alkanes of at least 4 members (excludes halogenated alkanes) is 1. The Morgan fingerprint density at radius 1 is 0.960 bits per heavy atom. The molecule has 0 amide bonds. The van der Waals surface area contributed by atoms with Crippen LogP contribution in [0.25, 0.3) is 0 Å². The molecular formula is C21H37Cl2NO. The molecule has 0 unspecified atom stereocenters. The van der Waals surface area contributed by atoms with Crippen molar-refractivity contribution >= 4 is 23.2 Å². The molecular weight excluding hydrogens is 353 g/mol. The number of nitrogens with one attached hydrogen (secondary N) is 1. The van der Waals surface area contributed by atoms with E-state index in [0.717, 1.165) is 18.7 Å². The zero-order chi connectivity index (χ0) is 19.7. The lowest BCUT2D eigenvalue weighted by Crippen LogP contribution is -2.22. The summed E-state index contributed by atoms with van der Waals surface area (Å²) in [6, 6.07) is 4.21. The van der Waals surface area contributed by atoms with Gasteiger partial charge in [0.25, 0.3) is 0 Å². The predicted molar refractivity (Wildman–Crippen MR) is 114 cm³/mol. The zero-order valence-electron chi connectivity index (χ0n) is 17.1. The standard InChI is InChI=1S/C19H33NO.C2H4Cl2/c1-8-9-10-20-13-15-16(19(5,6)7)11-14(12-17(15)21)18(2,3)4;3-1-2-4/h11-12,20-21H,8-10,13H2,1-7H3;1-2H2. The highest BCUT2D eigenvalue weighted by Gasteiger charge is 2.24. The molecule has 0 saturated carbocycles. The summed E-state index contributed by atoms with van der Waals surface area (Å²) in [5.74, 6) is 1.54. The fourth-order valence-corrected chi connectivity index (χ4v) is 2.46. The number of halogens is 2.